The summed E-state index contributed by atoms with van der Waals surface area (Å²) in [5.74, 6) is -0.718. The minimum Gasteiger partial charge on any atom is -0.355 e. The summed E-state index contributed by atoms with van der Waals surface area (Å²) in [5, 5.41) is 15.1. The van der Waals surface area contributed by atoms with E-state index < -0.39 is 11.6 Å². The van der Waals surface area contributed by atoms with Crippen molar-refractivity contribution in [2.24, 2.45) is 7.05 Å². The Morgan fingerprint density at radius 1 is 1.10 bits per heavy atom. The number of rotatable bonds is 5. The third-order valence-corrected chi connectivity index (χ3v) is 5.45. The van der Waals surface area contributed by atoms with Crippen LogP contribution in [0, 0.1) is 18.6 Å². The molecule has 8 heteroatoms. The third kappa shape index (κ3) is 3.79. The molecule has 0 fully saturated rings. The van der Waals surface area contributed by atoms with Crippen LogP contribution in [0.15, 0.2) is 55.1 Å². The van der Waals surface area contributed by atoms with Crippen molar-refractivity contribution >= 4 is 22.7 Å². The zero-order valence-corrected chi connectivity index (χ0v) is 16.6. The van der Waals surface area contributed by atoms with E-state index in [9.17, 15) is 8.78 Å². The number of anilines is 1. The molecule has 0 saturated carbocycles. The van der Waals surface area contributed by atoms with E-state index in [0.29, 0.717) is 11.5 Å². The molecule has 0 aliphatic carbocycles. The van der Waals surface area contributed by atoms with Crippen molar-refractivity contribution in [3.05, 3.63) is 77.2 Å². The molecule has 4 rings (SSSR count). The van der Waals surface area contributed by atoms with Gasteiger partial charge < -0.3 is 5.32 Å². The Hall–Kier alpha value is -3.39. The number of hydrogen-bond donors (Lipinski definition) is 1. The highest BCUT2D eigenvalue weighted by molar-refractivity contribution is 7.15. The van der Waals surface area contributed by atoms with E-state index in [1.165, 1.54) is 23.0 Å². The predicted molar refractivity (Wildman–Crippen MR) is 111 cm³/mol. The lowest BCUT2D eigenvalue weighted by Crippen LogP contribution is -2.02. The standard InChI is InChI=1S/C21H17F2N5S/c1-12(20-17(22)5-4-6-18(20)23)24-15-9-7-14(8-10-15)16-11-19(29-13(16)2)21-25-27-28(3)26-21/h4-11,24H,1H2,2-3H3. The number of nitrogens with one attached hydrogen (secondary N) is 1. The van der Waals surface area contributed by atoms with Crippen LogP contribution >= 0.6 is 11.3 Å². The van der Waals surface area contributed by atoms with Crippen LogP contribution in [0.3, 0.4) is 0 Å². The highest BCUT2D eigenvalue weighted by atomic mass is 32.1. The van der Waals surface area contributed by atoms with Crippen LogP contribution in [0.4, 0.5) is 14.5 Å². The van der Waals surface area contributed by atoms with Crippen molar-refractivity contribution in [2.45, 2.75) is 6.92 Å². The number of hydrogen-bond acceptors (Lipinski definition) is 5. The summed E-state index contributed by atoms with van der Waals surface area (Å²) in [4.78, 5) is 3.50. The van der Waals surface area contributed by atoms with Gasteiger partial charge in [-0.25, -0.2) is 8.78 Å². The predicted octanol–water partition coefficient (Wildman–Crippen LogP) is 5.28. The fourth-order valence-corrected chi connectivity index (χ4v) is 3.98. The second kappa shape index (κ2) is 7.56. The van der Waals surface area contributed by atoms with Crippen molar-refractivity contribution in [3.8, 4) is 21.8 Å². The zero-order valence-electron chi connectivity index (χ0n) is 15.8. The summed E-state index contributed by atoms with van der Waals surface area (Å²) >= 11 is 1.60. The van der Waals surface area contributed by atoms with Crippen LogP contribution in [0.2, 0.25) is 0 Å². The lowest BCUT2D eigenvalue weighted by atomic mass is 10.1. The molecule has 0 aliphatic heterocycles. The molecule has 2 aromatic carbocycles. The summed E-state index contributed by atoms with van der Waals surface area (Å²) in [6.45, 7) is 5.80. The largest absolute Gasteiger partial charge is 0.355 e. The Kier molecular flexibility index (Phi) is 4.94. The Labute approximate surface area is 170 Å². The maximum Gasteiger partial charge on any atom is 0.214 e. The Morgan fingerprint density at radius 3 is 2.41 bits per heavy atom. The number of nitrogens with zero attached hydrogens (tertiary/aromatic N) is 4. The summed E-state index contributed by atoms with van der Waals surface area (Å²) in [6, 6.07) is 13.3. The Bertz CT molecular complexity index is 1170. The second-order valence-electron chi connectivity index (χ2n) is 6.46. The van der Waals surface area contributed by atoms with E-state index in [-0.39, 0.29) is 11.3 Å². The van der Waals surface area contributed by atoms with Crippen LogP contribution in [0.5, 0.6) is 0 Å². The van der Waals surface area contributed by atoms with Crippen molar-refractivity contribution in [1.29, 1.82) is 0 Å². The molecule has 2 aromatic heterocycles. The van der Waals surface area contributed by atoms with Crippen molar-refractivity contribution in [1.82, 2.24) is 20.2 Å². The van der Waals surface area contributed by atoms with Gasteiger partial charge in [-0.2, -0.15) is 4.80 Å². The van der Waals surface area contributed by atoms with Gasteiger partial charge in [0.15, 0.2) is 0 Å². The molecule has 1 N–H and O–H groups in total. The summed E-state index contributed by atoms with van der Waals surface area (Å²) in [5.41, 5.74) is 2.78. The van der Waals surface area contributed by atoms with Gasteiger partial charge in [-0.05, 0) is 53.6 Å². The molecule has 2 heterocycles. The number of tetrazole rings is 1. The van der Waals surface area contributed by atoms with E-state index in [1.54, 1.807) is 18.4 Å². The number of benzene rings is 2. The van der Waals surface area contributed by atoms with Crippen LogP contribution in [-0.4, -0.2) is 20.2 Å². The number of aromatic nitrogens is 4. The molecule has 0 spiro atoms. The van der Waals surface area contributed by atoms with Crippen LogP contribution in [0.1, 0.15) is 10.4 Å². The van der Waals surface area contributed by atoms with E-state index in [2.05, 4.69) is 27.3 Å². The molecule has 0 radical (unpaired) electrons. The maximum absolute atomic E-state index is 13.9. The van der Waals surface area contributed by atoms with Gasteiger partial charge in [0, 0.05) is 16.3 Å². The van der Waals surface area contributed by atoms with Crippen LogP contribution < -0.4 is 5.32 Å². The van der Waals surface area contributed by atoms with Gasteiger partial charge in [-0.15, -0.1) is 21.5 Å². The topological polar surface area (TPSA) is 55.6 Å². The molecule has 0 bridgehead atoms. The second-order valence-corrected chi connectivity index (χ2v) is 7.72. The first-order valence-corrected chi connectivity index (χ1v) is 9.59. The summed E-state index contributed by atoms with van der Waals surface area (Å²) in [7, 11) is 1.73. The molecule has 0 amide bonds. The maximum atomic E-state index is 13.9. The molecule has 0 unspecified atom stereocenters. The van der Waals surface area contributed by atoms with Gasteiger partial charge in [-0.1, -0.05) is 24.8 Å². The van der Waals surface area contributed by atoms with Gasteiger partial charge in [0.1, 0.15) is 11.6 Å². The molecule has 0 saturated heterocycles. The monoisotopic (exact) mass is 409 g/mol. The van der Waals surface area contributed by atoms with E-state index in [1.807, 2.05) is 37.3 Å². The number of halogens is 2. The molecule has 0 aliphatic rings. The van der Waals surface area contributed by atoms with Crippen molar-refractivity contribution < 1.29 is 8.78 Å². The van der Waals surface area contributed by atoms with E-state index in [4.69, 9.17) is 0 Å². The lowest BCUT2D eigenvalue weighted by molar-refractivity contribution is 0.577. The first-order valence-electron chi connectivity index (χ1n) is 8.78. The van der Waals surface area contributed by atoms with Gasteiger partial charge in [-0.3, -0.25) is 0 Å². The number of thiophene rings is 1. The smallest absolute Gasteiger partial charge is 0.214 e. The molecular weight excluding hydrogens is 392 g/mol. The Morgan fingerprint density at radius 2 is 1.79 bits per heavy atom. The molecule has 0 atom stereocenters. The van der Waals surface area contributed by atoms with E-state index in [0.717, 1.165) is 20.9 Å². The van der Waals surface area contributed by atoms with Gasteiger partial charge in [0.05, 0.1) is 17.5 Å². The number of aryl methyl sites for hydroxylation is 2. The first-order chi connectivity index (χ1) is 13.9. The normalized spacial score (nSPS) is 10.9. The average Bonchev–Trinajstić information content (AvgIpc) is 3.28. The third-order valence-electron chi connectivity index (χ3n) is 4.40. The van der Waals surface area contributed by atoms with Crippen molar-refractivity contribution in [3.63, 3.8) is 0 Å². The van der Waals surface area contributed by atoms with Gasteiger partial charge >= 0.3 is 0 Å². The fraction of sp³-hybridized carbons (Fsp3) is 0.0952. The fourth-order valence-electron chi connectivity index (χ4n) is 3.02. The zero-order chi connectivity index (χ0) is 20.5. The van der Waals surface area contributed by atoms with Gasteiger partial charge in [0.2, 0.25) is 5.82 Å². The molecule has 146 valence electrons. The molecular formula is C21H17F2N5S. The SMILES string of the molecule is C=C(Nc1ccc(-c2cc(-c3nnn(C)n3)sc2C)cc1)c1c(F)cccc1F. The van der Waals surface area contributed by atoms with Crippen LogP contribution in [0.25, 0.3) is 27.5 Å². The highest BCUT2D eigenvalue weighted by Crippen LogP contribution is 2.36. The highest BCUT2D eigenvalue weighted by Gasteiger charge is 2.14. The van der Waals surface area contributed by atoms with Gasteiger partial charge in [0.25, 0.3) is 0 Å². The molecule has 5 nitrogen and oxygen atoms in total. The minimum absolute atomic E-state index is 0.161. The average molecular weight is 409 g/mol. The molecule has 4 aromatic rings. The summed E-state index contributed by atoms with van der Waals surface area (Å²) in [6.07, 6.45) is 0. The minimum atomic E-state index is -0.654. The van der Waals surface area contributed by atoms with E-state index >= 15 is 0 Å². The quantitative estimate of drug-likeness (QED) is 0.488. The lowest BCUT2D eigenvalue weighted by Gasteiger charge is -2.12. The Balaban J connectivity index is 1.56. The summed E-state index contributed by atoms with van der Waals surface area (Å²) < 4.78 is 27.8. The van der Waals surface area contributed by atoms with Crippen molar-refractivity contribution in [2.75, 3.05) is 5.32 Å². The first kappa shape index (κ1) is 18.9. The van der Waals surface area contributed by atoms with Crippen LogP contribution in [-0.2, 0) is 7.05 Å². The molecule has 29 heavy (non-hydrogen) atoms.